The Labute approximate surface area is 120 Å². The van der Waals surface area contributed by atoms with Crippen molar-refractivity contribution in [3.8, 4) is 5.75 Å². The molecule has 2 rings (SSSR count). The van der Waals surface area contributed by atoms with Crippen LogP contribution in [0.3, 0.4) is 0 Å². The molecule has 4 heteroatoms. The van der Waals surface area contributed by atoms with E-state index in [0.29, 0.717) is 18.9 Å². The highest BCUT2D eigenvalue weighted by Gasteiger charge is 2.30. The topological polar surface area (TPSA) is 64.3 Å². The van der Waals surface area contributed by atoms with Gasteiger partial charge in [-0.15, -0.1) is 0 Å². The smallest absolute Gasteiger partial charge is 0.220 e. The molecule has 4 nitrogen and oxygen atoms in total. The summed E-state index contributed by atoms with van der Waals surface area (Å²) < 4.78 is 5.12. The normalized spacial score (nSPS) is 15.7. The summed E-state index contributed by atoms with van der Waals surface area (Å²) in [6.45, 7) is 0.550. The Kier molecular flexibility index (Phi) is 5.41. The van der Waals surface area contributed by atoms with Crippen LogP contribution < -0.4 is 15.8 Å². The van der Waals surface area contributed by atoms with Crippen LogP contribution in [0, 0.1) is 5.92 Å². The molecule has 1 amide bonds. The lowest BCUT2D eigenvalue weighted by Crippen LogP contribution is -2.41. The van der Waals surface area contributed by atoms with Crippen LogP contribution in [0.15, 0.2) is 24.3 Å². The van der Waals surface area contributed by atoms with Gasteiger partial charge in [-0.3, -0.25) is 4.79 Å². The van der Waals surface area contributed by atoms with E-state index in [0.717, 1.165) is 18.6 Å². The van der Waals surface area contributed by atoms with E-state index in [9.17, 15) is 4.79 Å². The number of amides is 1. The number of hydrogen-bond acceptors (Lipinski definition) is 3. The largest absolute Gasteiger partial charge is 0.497 e. The predicted molar refractivity (Wildman–Crippen MR) is 79.6 cm³/mol. The Balaban J connectivity index is 1.67. The Hall–Kier alpha value is -1.55. The Morgan fingerprint density at radius 1 is 1.40 bits per heavy atom. The molecule has 0 radical (unpaired) electrons. The monoisotopic (exact) mass is 276 g/mol. The number of nitrogens with two attached hydrogens (primary N) is 1. The molecule has 0 saturated heterocycles. The van der Waals surface area contributed by atoms with Crippen LogP contribution in [-0.2, 0) is 11.2 Å². The SMILES string of the molecule is COc1ccc(CCCC(=O)NC(CN)C2CC2)cc1. The summed E-state index contributed by atoms with van der Waals surface area (Å²) in [7, 11) is 1.66. The van der Waals surface area contributed by atoms with E-state index < -0.39 is 0 Å². The number of nitrogens with one attached hydrogen (secondary N) is 1. The number of aryl methyl sites for hydroxylation is 1. The third kappa shape index (κ3) is 4.53. The van der Waals surface area contributed by atoms with Gasteiger partial charge in [0, 0.05) is 19.0 Å². The molecule has 0 spiro atoms. The van der Waals surface area contributed by atoms with Gasteiger partial charge in [-0.25, -0.2) is 0 Å². The summed E-state index contributed by atoms with van der Waals surface area (Å²) in [5, 5.41) is 3.05. The second-order valence-electron chi connectivity index (χ2n) is 5.45. The minimum atomic E-state index is 0.126. The van der Waals surface area contributed by atoms with E-state index in [-0.39, 0.29) is 11.9 Å². The zero-order valence-electron chi connectivity index (χ0n) is 12.1. The van der Waals surface area contributed by atoms with Crippen LogP contribution in [-0.4, -0.2) is 25.6 Å². The number of rotatable bonds is 8. The van der Waals surface area contributed by atoms with Crippen molar-refractivity contribution in [2.75, 3.05) is 13.7 Å². The van der Waals surface area contributed by atoms with E-state index in [4.69, 9.17) is 10.5 Å². The molecule has 1 unspecified atom stereocenters. The van der Waals surface area contributed by atoms with Gasteiger partial charge in [-0.2, -0.15) is 0 Å². The van der Waals surface area contributed by atoms with Gasteiger partial charge in [0.05, 0.1) is 7.11 Å². The first-order valence-electron chi connectivity index (χ1n) is 7.35. The standard InChI is InChI=1S/C16H24N2O2/c1-20-14-9-5-12(6-10-14)3-2-4-16(19)18-15(11-17)13-7-8-13/h5-6,9-10,13,15H,2-4,7-8,11,17H2,1H3,(H,18,19). The fourth-order valence-corrected chi connectivity index (χ4v) is 2.39. The molecule has 1 aliphatic rings. The van der Waals surface area contributed by atoms with Gasteiger partial charge in [-0.05, 0) is 49.3 Å². The van der Waals surface area contributed by atoms with Gasteiger partial charge in [0.1, 0.15) is 5.75 Å². The van der Waals surface area contributed by atoms with E-state index in [1.807, 2.05) is 24.3 Å². The summed E-state index contributed by atoms with van der Waals surface area (Å²) in [5.41, 5.74) is 6.92. The Morgan fingerprint density at radius 3 is 2.65 bits per heavy atom. The predicted octanol–water partition coefficient (Wildman–Crippen LogP) is 1.87. The van der Waals surface area contributed by atoms with Crippen molar-refractivity contribution < 1.29 is 9.53 Å². The number of methoxy groups -OCH3 is 1. The minimum Gasteiger partial charge on any atom is -0.497 e. The van der Waals surface area contributed by atoms with Crippen molar-refractivity contribution >= 4 is 5.91 Å². The molecule has 0 aromatic heterocycles. The van der Waals surface area contributed by atoms with Gasteiger partial charge in [0.25, 0.3) is 0 Å². The minimum absolute atomic E-state index is 0.126. The number of carbonyl (C=O) groups is 1. The molecule has 20 heavy (non-hydrogen) atoms. The first-order valence-corrected chi connectivity index (χ1v) is 7.35. The molecule has 0 aliphatic heterocycles. The fraction of sp³-hybridized carbons (Fsp3) is 0.562. The first kappa shape index (κ1) is 14.9. The third-order valence-corrected chi connectivity index (χ3v) is 3.82. The molecule has 110 valence electrons. The number of hydrogen-bond donors (Lipinski definition) is 2. The lowest BCUT2D eigenvalue weighted by atomic mass is 10.1. The molecule has 0 heterocycles. The highest BCUT2D eigenvalue weighted by molar-refractivity contribution is 5.76. The van der Waals surface area contributed by atoms with Crippen LogP contribution >= 0.6 is 0 Å². The lowest BCUT2D eigenvalue weighted by Gasteiger charge is -2.15. The second kappa shape index (κ2) is 7.29. The van der Waals surface area contributed by atoms with Crippen molar-refractivity contribution in [1.29, 1.82) is 0 Å². The van der Waals surface area contributed by atoms with Gasteiger partial charge in [0.2, 0.25) is 5.91 Å². The van der Waals surface area contributed by atoms with Crippen LogP contribution in [0.5, 0.6) is 5.75 Å². The molecule has 1 fully saturated rings. The van der Waals surface area contributed by atoms with Crippen LogP contribution in [0.1, 0.15) is 31.2 Å². The molecule has 1 aromatic rings. The van der Waals surface area contributed by atoms with Crippen molar-refractivity contribution in [2.24, 2.45) is 11.7 Å². The first-order chi connectivity index (χ1) is 9.72. The lowest BCUT2D eigenvalue weighted by molar-refractivity contribution is -0.122. The summed E-state index contributed by atoms with van der Waals surface area (Å²) in [6, 6.07) is 8.18. The molecule has 1 aliphatic carbocycles. The van der Waals surface area contributed by atoms with Crippen molar-refractivity contribution in [1.82, 2.24) is 5.32 Å². The molecular weight excluding hydrogens is 252 g/mol. The second-order valence-corrected chi connectivity index (χ2v) is 5.45. The Morgan fingerprint density at radius 2 is 2.10 bits per heavy atom. The maximum Gasteiger partial charge on any atom is 0.220 e. The maximum absolute atomic E-state index is 11.8. The van der Waals surface area contributed by atoms with Crippen molar-refractivity contribution in [2.45, 2.75) is 38.1 Å². The van der Waals surface area contributed by atoms with Gasteiger partial charge < -0.3 is 15.8 Å². The molecule has 1 saturated carbocycles. The van der Waals surface area contributed by atoms with Gasteiger partial charge in [0.15, 0.2) is 0 Å². The molecular formula is C16H24N2O2. The van der Waals surface area contributed by atoms with Crippen LogP contribution in [0.25, 0.3) is 0 Å². The van der Waals surface area contributed by atoms with Crippen LogP contribution in [0.2, 0.25) is 0 Å². The average molecular weight is 276 g/mol. The van der Waals surface area contributed by atoms with Crippen LogP contribution in [0.4, 0.5) is 0 Å². The van der Waals surface area contributed by atoms with Gasteiger partial charge >= 0.3 is 0 Å². The average Bonchev–Trinajstić information content (AvgIpc) is 3.30. The fourth-order valence-electron chi connectivity index (χ4n) is 2.39. The van der Waals surface area contributed by atoms with E-state index in [2.05, 4.69) is 5.32 Å². The maximum atomic E-state index is 11.8. The van der Waals surface area contributed by atoms with E-state index in [1.54, 1.807) is 7.11 Å². The Bertz CT molecular complexity index is 427. The number of benzene rings is 1. The molecule has 1 atom stereocenters. The number of carbonyl (C=O) groups excluding carboxylic acids is 1. The number of ether oxygens (including phenoxy) is 1. The molecule has 3 N–H and O–H groups in total. The highest BCUT2D eigenvalue weighted by Crippen LogP contribution is 2.32. The third-order valence-electron chi connectivity index (χ3n) is 3.82. The van der Waals surface area contributed by atoms with E-state index in [1.165, 1.54) is 18.4 Å². The summed E-state index contributed by atoms with van der Waals surface area (Å²) in [4.78, 5) is 11.8. The summed E-state index contributed by atoms with van der Waals surface area (Å²) in [6.07, 6.45) is 4.74. The quantitative estimate of drug-likeness (QED) is 0.762. The van der Waals surface area contributed by atoms with Crippen molar-refractivity contribution in [3.63, 3.8) is 0 Å². The van der Waals surface area contributed by atoms with Gasteiger partial charge in [-0.1, -0.05) is 12.1 Å². The van der Waals surface area contributed by atoms with Crippen molar-refractivity contribution in [3.05, 3.63) is 29.8 Å². The van der Waals surface area contributed by atoms with E-state index >= 15 is 0 Å². The zero-order chi connectivity index (χ0) is 14.4. The zero-order valence-corrected chi connectivity index (χ0v) is 12.1. The molecule has 0 bridgehead atoms. The highest BCUT2D eigenvalue weighted by atomic mass is 16.5. The molecule has 1 aromatic carbocycles. The summed E-state index contributed by atoms with van der Waals surface area (Å²) in [5.74, 6) is 1.60. The summed E-state index contributed by atoms with van der Waals surface area (Å²) >= 11 is 0.